The van der Waals surface area contributed by atoms with E-state index in [2.05, 4.69) is 15.6 Å². The van der Waals surface area contributed by atoms with E-state index in [4.69, 9.17) is 17.3 Å². The zero-order chi connectivity index (χ0) is 22.0. The smallest absolute Gasteiger partial charge is 0.272 e. The van der Waals surface area contributed by atoms with Crippen LogP contribution in [0, 0.1) is 17.6 Å². The van der Waals surface area contributed by atoms with Crippen molar-refractivity contribution >= 4 is 35.0 Å². The summed E-state index contributed by atoms with van der Waals surface area (Å²) < 4.78 is 28.6. The average molecular weight is 440 g/mol. The molecule has 0 aliphatic heterocycles. The van der Waals surface area contributed by atoms with Crippen molar-refractivity contribution in [3.05, 3.63) is 46.5 Å². The third-order valence-electron chi connectivity index (χ3n) is 5.19. The van der Waals surface area contributed by atoms with Gasteiger partial charge in [0, 0.05) is 25.1 Å². The molecule has 30 heavy (non-hydrogen) atoms. The molecule has 1 aromatic heterocycles. The molecule has 1 heterocycles. The molecular formula is C19H20ClF2N5O3. The van der Waals surface area contributed by atoms with E-state index in [-0.39, 0.29) is 28.1 Å². The molecule has 0 bridgehead atoms. The van der Waals surface area contributed by atoms with Crippen LogP contribution in [0.2, 0.25) is 5.02 Å². The Kier molecular flexibility index (Phi) is 6.35. The van der Waals surface area contributed by atoms with Crippen LogP contribution in [0.25, 0.3) is 0 Å². The van der Waals surface area contributed by atoms with Crippen LogP contribution >= 0.6 is 11.6 Å². The van der Waals surface area contributed by atoms with Crippen molar-refractivity contribution in [3.63, 3.8) is 0 Å². The quantitative estimate of drug-likeness (QED) is 0.663. The highest BCUT2D eigenvalue weighted by Crippen LogP contribution is 2.35. The molecule has 4 N–H and O–H groups in total. The third kappa shape index (κ3) is 4.28. The van der Waals surface area contributed by atoms with Crippen molar-refractivity contribution in [2.24, 2.45) is 11.7 Å². The number of amides is 3. The van der Waals surface area contributed by atoms with E-state index in [1.165, 1.54) is 13.4 Å². The van der Waals surface area contributed by atoms with Crippen LogP contribution in [0.3, 0.4) is 0 Å². The fourth-order valence-corrected chi connectivity index (χ4v) is 3.91. The second-order valence-electron chi connectivity index (χ2n) is 7.03. The molecule has 1 aliphatic rings. The number of aromatic nitrogens is 2. The Morgan fingerprint density at radius 1 is 1.20 bits per heavy atom. The van der Waals surface area contributed by atoms with Crippen LogP contribution in [-0.4, -0.2) is 34.3 Å². The van der Waals surface area contributed by atoms with Crippen molar-refractivity contribution in [3.8, 4) is 0 Å². The zero-order valence-corrected chi connectivity index (χ0v) is 16.8. The number of rotatable bonds is 5. The number of primary amides is 1. The summed E-state index contributed by atoms with van der Waals surface area (Å²) in [7, 11) is 1.42. The second kappa shape index (κ2) is 8.78. The maximum atomic E-state index is 13.9. The number of halogens is 3. The highest BCUT2D eigenvalue weighted by molar-refractivity contribution is 6.33. The molecule has 1 aliphatic carbocycles. The van der Waals surface area contributed by atoms with Gasteiger partial charge >= 0.3 is 0 Å². The van der Waals surface area contributed by atoms with Crippen LogP contribution in [-0.2, 0) is 4.79 Å². The van der Waals surface area contributed by atoms with Crippen molar-refractivity contribution in [2.45, 2.75) is 31.7 Å². The van der Waals surface area contributed by atoms with E-state index in [1.54, 1.807) is 4.57 Å². The summed E-state index contributed by atoms with van der Waals surface area (Å²) in [5.74, 6) is -3.92. The summed E-state index contributed by atoms with van der Waals surface area (Å²) in [6, 6.07) is 1.40. The summed E-state index contributed by atoms with van der Waals surface area (Å²) in [4.78, 5) is 40.3. The largest absolute Gasteiger partial charge is 0.364 e. The second-order valence-corrected chi connectivity index (χ2v) is 7.44. The first-order chi connectivity index (χ1) is 14.2. The Bertz CT molecular complexity index is 979. The van der Waals surface area contributed by atoms with Crippen LogP contribution in [0.5, 0.6) is 0 Å². The van der Waals surface area contributed by atoms with Gasteiger partial charge < -0.3 is 20.9 Å². The van der Waals surface area contributed by atoms with Gasteiger partial charge in [0.2, 0.25) is 5.91 Å². The monoisotopic (exact) mass is 439 g/mol. The summed E-state index contributed by atoms with van der Waals surface area (Å²) in [5, 5.41) is 4.62. The summed E-state index contributed by atoms with van der Waals surface area (Å²) in [6.07, 6.45) is 3.32. The summed E-state index contributed by atoms with van der Waals surface area (Å²) in [6.45, 7) is 0. The van der Waals surface area contributed by atoms with Crippen LogP contribution in [0.4, 0.5) is 14.5 Å². The molecule has 0 radical (unpaired) electrons. The van der Waals surface area contributed by atoms with Gasteiger partial charge in [0.05, 0.1) is 17.0 Å². The van der Waals surface area contributed by atoms with Gasteiger partial charge in [-0.3, -0.25) is 14.4 Å². The SMILES string of the molecule is CNC(=O)c1ncn(C2CCC(C(=O)Nc3c(F)cc(F)cc3Cl)CC2)c1C(N)=O. The van der Waals surface area contributed by atoms with E-state index in [1.807, 2.05) is 0 Å². The lowest BCUT2D eigenvalue weighted by atomic mass is 9.85. The fourth-order valence-electron chi connectivity index (χ4n) is 3.67. The number of anilines is 1. The van der Waals surface area contributed by atoms with Gasteiger partial charge in [0.25, 0.3) is 11.8 Å². The molecule has 8 nitrogen and oxygen atoms in total. The molecule has 0 unspecified atom stereocenters. The van der Waals surface area contributed by atoms with Crippen molar-refractivity contribution in [1.82, 2.24) is 14.9 Å². The van der Waals surface area contributed by atoms with E-state index in [0.29, 0.717) is 31.7 Å². The predicted octanol–water partition coefficient (Wildman–Crippen LogP) is 2.64. The molecule has 1 fully saturated rings. The number of imidazole rings is 1. The lowest BCUT2D eigenvalue weighted by molar-refractivity contribution is -0.121. The van der Waals surface area contributed by atoms with Gasteiger partial charge in [0.1, 0.15) is 11.5 Å². The van der Waals surface area contributed by atoms with Crippen molar-refractivity contribution in [2.75, 3.05) is 12.4 Å². The molecule has 1 aromatic carbocycles. The fraction of sp³-hybridized carbons (Fsp3) is 0.368. The van der Waals surface area contributed by atoms with E-state index < -0.39 is 35.3 Å². The first-order valence-corrected chi connectivity index (χ1v) is 9.64. The van der Waals surface area contributed by atoms with E-state index in [0.717, 1.165) is 6.07 Å². The highest BCUT2D eigenvalue weighted by atomic mass is 35.5. The lowest BCUT2D eigenvalue weighted by Crippen LogP contribution is -2.30. The Morgan fingerprint density at radius 3 is 2.43 bits per heavy atom. The first kappa shape index (κ1) is 21.7. The molecule has 3 rings (SSSR count). The minimum absolute atomic E-state index is 0.0161. The number of hydrogen-bond acceptors (Lipinski definition) is 4. The highest BCUT2D eigenvalue weighted by Gasteiger charge is 2.31. The molecule has 0 spiro atoms. The van der Waals surface area contributed by atoms with Crippen molar-refractivity contribution in [1.29, 1.82) is 0 Å². The predicted molar refractivity (Wildman–Crippen MR) is 105 cm³/mol. The van der Waals surface area contributed by atoms with Gasteiger partial charge in [0.15, 0.2) is 11.5 Å². The van der Waals surface area contributed by atoms with E-state index in [9.17, 15) is 23.2 Å². The zero-order valence-electron chi connectivity index (χ0n) is 16.0. The number of hydrogen-bond donors (Lipinski definition) is 3. The number of carbonyl (C=O) groups excluding carboxylic acids is 3. The number of nitrogens with one attached hydrogen (secondary N) is 2. The normalized spacial score (nSPS) is 18.7. The number of benzene rings is 1. The minimum Gasteiger partial charge on any atom is -0.364 e. The minimum atomic E-state index is -0.951. The standard InChI is InChI=1S/C19H20ClF2N5O3/c1-24-19(30)15-16(17(23)28)27(8-25-15)11-4-2-9(3-5-11)18(29)26-14-12(20)6-10(21)7-13(14)22/h6-9,11H,2-5H2,1H3,(H2,23,28)(H,24,30)(H,26,29). The molecule has 11 heteroatoms. The number of nitrogens with zero attached hydrogens (tertiary/aromatic N) is 2. The Labute approximate surface area is 175 Å². The molecular weight excluding hydrogens is 420 g/mol. The molecule has 3 amide bonds. The maximum Gasteiger partial charge on any atom is 0.272 e. The van der Waals surface area contributed by atoms with Gasteiger partial charge in [-0.1, -0.05) is 11.6 Å². The lowest BCUT2D eigenvalue weighted by Gasteiger charge is -2.29. The number of nitrogens with two attached hydrogens (primary N) is 1. The summed E-state index contributed by atoms with van der Waals surface area (Å²) in [5.41, 5.74) is 5.15. The summed E-state index contributed by atoms with van der Waals surface area (Å²) >= 11 is 5.83. The molecule has 2 aromatic rings. The Morgan fingerprint density at radius 2 is 1.87 bits per heavy atom. The van der Waals surface area contributed by atoms with Crippen LogP contribution in [0.15, 0.2) is 18.5 Å². The van der Waals surface area contributed by atoms with Crippen LogP contribution < -0.4 is 16.4 Å². The topological polar surface area (TPSA) is 119 Å². The molecule has 0 saturated heterocycles. The third-order valence-corrected chi connectivity index (χ3v) is 5.48. The van der Waals surface area contributed by atoms with Gasteiger partial charge in [-0.05, 0) is 31.7 Å². The van der Waals surface area contributed by atoms with Crippen LogP contribution in [0.1, 0.15) is 52.7 Å². The molecule has 0 atom stereocenters. The van der Waals surface area contributed by atoms with Crippen molar-refractivity contribution < 1.29 is 23.2 Å². The molecule has 160 valence electrons. The average Bonchev–Trinajstić information content (AvgIpc) is 3.15. The van der Waals surface area contributed by atoms with Gasteiger partial charge in [-0.2, -0.15) is 0 Å². The number of carbonyl (C=O) groups is 3. The Hall–Kier alpha value is -3.01. The first-order valence-electron chi connectivity index (χ1n) is 9.27. The molecule has 1 saturated carbocycles. The van der Waals surface area contributed by atoms with E-state index >= 15 is 0 Å². The Balaban J connectivity index is 1.70. The van der Waals surface area contributed by atoms with Gasteiger partial charge in [-0.25, -0.2) is 13.8 Å². The van der Waals surface area contributed by atoms with Gasteiger partial charge in [-0.15, -0.1) is 0 Å². The maximum absolute atomic E-state index is 13.9.